The molecule has 0 atom stereocenters. The van der Waals surface area contributed by atoms with Crippen molar-refractivity contribution in [3.05, 3.63) is 18.1 Å². The highest BCUT2D eigenvalue weighted by molar-refractivity contribution is 5.48. The van der Waals surface area contributed by atoms with E-state index in [0.29, 0.717) is 11.5 Å². The summed E-state index contributed by atoms with van der Waals surface area (Å²) in [5, 5.41) is 9.01. The molecule has 4 nitrogen and oxygen atoms in total. The molecule has 0 amide bonds. The van der Waals surface area contributed by atoms with Crippen LogP contribution in [0.4, 0.5) is 5.82 Å². The van der Waals surface area contributed by atoms with E-state index in [1.165, 1.54) is 38.5 Å². The zero-order chi connectivity index (χ0) is 12.8. The first kappa shape index (κ1) is 12.8. The number of hydrogen-bond acceptors (Lipinski definition) is 4. The summed E-state index contributed by atoms with van der Waals surface area (Å²) in [5.41, 5.74) is 0.420. The third-order valence-electron chi connectivity index (χ3n) is 3.74. The molecular weight excluding hydrogens is 224 g/mol. The first-order valence-electron chi connectivity index (χ1n) is 6.73. The summed E-state index contributed by atoms with van der Waals surface area (Å²) in [6.45, 7) is 0.956. The summed E-state index contributed by atoms with van der Waals surface area (Å²) in [5.74, 6) is 1.55. The van der Waals surface area contributed by atoms with Gasteiger partial charge >= 0.3 is 0 Å². The molecule has 1 aliphatic carbocycles. The molecule has 0 N–H and O–H groups in total. The van der Waals surface area contributed by atoms with Crippen LogP contribution >= 0.6 is 0 Å². The van der Waals surface area contributed by atoms with Gasteiger partial charge < -0.3 is 4.90 Å². The quantitative estimate of drug-likeness (QED) is 0.817. The van der Waals surface area contributed by atoms with Crippen LogP contribution in [-0.4, -0.2) is 23.6 Å². The van der Waals surface area contributed by atoms with Crippen LogP contribution in [0.2, 0.25) is 0 Å². The van der Waals surface area contributed by atoms with Gasteiger partial charge in [-0.1, -0.05) is 32.1 Å². The maximum absolute atomic E-state index is 9.01. The lowest BCUT2D eigenvalue weighted by Crippen LogP contribution is -2.24. The van der Waals surface area contributed by atoms with E-state index >= 15 is 0 Å². The molecule has 4 heteroatoms. The molecule has 1 fully saturated rings. The van der Waals surface area contributed by atoms with Gasteiger partial charge in [-0.2, -0.15) is 5.26 Å². The van der Waals surface area contributed by atoms with E-state index in [0.717, 1.165) is 12.5 Å². The fourth-order valence-electron chi connectivity index (χ4n) is 2.65. The van der Waals surface area contributed by atoms with Crippen molar-refractivity contribution in [1.82, 2.24) is 9.97 Å². The Morgan fingerprint density at radius 3 is 2.72 bits per heavy atom. The summed E-state index contributed by atoms with van der Waals surface area (Å²) in [4.78, 5) is 10.4. The van der Waals surface area contributed by atoms with E-state index in [4.69, 9.17) is 5.26 Å². The van der Waals surface area contributed by atoms with Gasteiger partial charge in [0.25, 0.3) is 0 Å². The van der Waals surface area contributed by atoms with E-state index in [1.807, 2.05) is 7.05 Å². The minimum atomic E-state index is 0.420. The zero-order valence-electron chi connectivity index (χ0n) is 11.0. The molecule has 1 aliphatic rings. The van der Waals surface area contributed by atoms with Gasteiger partial charge in [-0.25, -0.2) is 9.97 Å². The number of hydrogen-bond donors (Lipinski definition) is 0. The number of nitriles is 1. The number of anilines is 1. The number of aromatic nitrogens is 2. The normalized spacial score (nSPS) is 16.2. The molecule has 1 heterocycles. The van der Waals surface area contributed by atoms with Crippen molar-refractivity contribution in [3.8, 4) is 6.07 Å². The summed E-state index contributed by atoms with van der Waals surface area (Å²) in [6.07, 6.45) is 11.3. The Kier molecular flexibility index (Phi) is 4.52. The summed E-state index contributed by atoms with van der Waals surface area (Å²) in [7, 11) is 1.99. The van der Waals surface area contributed by atoms with Gasteiger partial charge in [0.1, 0.15) is 6.07 Å². The van der Waals surface area contributed by atoms with Crippen molar-refractivity contribution >= 4 is 5.82 Å². The molecule has 0 bridgehead atoms. The van der Waals surface area contributed by atoms with Crippen LogP contribution in [0.5, 0.6) is 0 Å². The lowest BCUT2D eigenvalue weighted by molar-refractivity contribution is 0.341. The van der Waals surface area contributed by atoms with Gasteiger partial charge in [-0.15, -0.1) is 0 Å². The Bertz CT molecular complexity index is 418. The zero-order valence-corrected chi connectivity index (χ0v) is 11.0. The Morgan fingerprint density at radius 2 is 2.00 bits per heavy atom. The molecule has 1 aromatic heterocycles. The molecule has 2 rings (SSSR count). The van der Waals surface area contributed by atoms with Gasteiger partial charge in [-0.05, 0) is 12.3 Å². The maximum Gasteiger partial charge on any atom is 0.183 e. The lowest BCUT2D eigenvalue weighted by atomic mass is 9.87. The minimum absolute atomic E-state index is 0.420. The predicted molar refractivity (Wildman–Crippen MR) is 71.2 cm³/mol. The van der Waals surface area contributed by atoms with Gasteiger partial charge in [0, 0.05) is 26.0 Å². The Hall–Kier alpha value is -1.63. The van der Waals surface area contributed by atoms with Crippen molar-refractivity contribution in [1.29, 1.82) is 5.26 Å². The second-order valence-corrected chi connectivity index (χ2v) is 5.05. The average Bonchev–Trinajstić information content (AvgIpc) is 2.45. The van der Waals surface area contributed by atoms with E-state index in [2.05, 4.69) is 20.9 Å². The maximum atomic E-state index is 9.01. The standard InChI is InChI=1S/C14H20N4/c1-18(10-7-12-5-3-2-4-6-12)14-13(11-15)16-8-9-17-14/h8-9,12H,2-7,10H2,1H3. The first-order valence-corrected chi connectivity index (χ1v) is 6.73. The van der Waals surface area contributed by atoms with Gasteiger partial charge in [0.2, 0.25) is 0 Å². The third kappa shape index (κ3) is 3.19. The average molecular weight is 244 g/mol. The molecule has 0 aromatic carbocycles. The highest BCUT2D eigenvalue weighted by atomic mass is 15.2. The summed E-state index contributed by atoms with van der Waals surface area (Å²) < 4.78 is 0. The van der Waals surface area contributed by atoms with E-state index in [1.54, 1.807) is 12.4 Å². The van der Waals surface area contributed by atoms with Gasteiger partial charge in [-0.3, -0.25) is 0 Å². The van der Waals surface area contributed by atoms with Crippen molar-refractivity contribution in [3.63, 3.8) is 0 Å². The second kappa shape index (κ2) is 6.34. The molecule has 96 valence electrons. The molecular formula is C14H20N4. The predicted octanol–water partition coefficient (Wildman–Crippen LogP) is 2.75. The summed E-state index contributed by atoms with van der Waals surface area (Å²) >= 11 is 0. The van der Waals surface area contributed by atoms with Crippen LogP contribution < -0.4 is 4.90 Å². The van der Waals surface area contributed by atoms with Crippen LogP contribution in [0.3, 0.4) is 0 Å². The van der Waals surface area contributed by atoms with Crippen LogP contribution in [-0.2, 0) is 0 Å². The monoisotopic (exact) mass is 244 g/mol. The van der Waals surface area contributed by atoms with Crippen LogP contribution in [0.15, 0.2) is 12.4 Å². The molecule has 1 aromatic rings. The van der Waals surface area contributed by atoms with Crippen LogP contribution in [0.1, 0.15) is 44.2 Å². The van der Waals surface area contributed by atoms with Gasteiger partial charge in [0.05, 0.1) is 0 Å². The smallest absolute Gasteiger partial charge is 0.183 e. The topological polar surface area (TPSA) is 52.8 Å². The van der Waals surface area contributed by atoms with Crippen molar-refractivity contribution < 1.29 is 0 Å². The second-order valence-electron chi connectivity index (χ2n) is 5.05. The molecule has 1 saturated carbocycles. The van der Waals surface area contributed by atoms with Crippen LogP contribution in [0, 0.1) is 17.2 Å². The fourth-order valence-corrected chi connectivity index (χ4v) is 2.65. The van der Waals surface area contributed by atoms with Crippen molar-refractivity contribution in [2.45, 2.75) is 38.5 Å². The molecule has 0 aliphatic heterocycles. The Morgan fingerprint density at radius 1 is 1.28 bits per heavy atom. The largest absolute Gasteiger partial charge is 0.357 e. The van der Waals surface area contributed by atoms with Gasteiger partial charge in [0.15, 0.2) is 11.5 Å². The lowest BCUT2D eigenvalue weighted by Gasteiger charge is -2.25. The van der Waals surface area contributed by atoms with E-state index in [9.17, 15) is 0 Å². The Balaban J connectivity index is 1.91. The van der Waals surface area contributed by atoms with Crippen LogP contribution in [0.25, 0.3) is 0 Å². The highest BCUT2D eigenvalue weighted by Crippen LogP contribution is 2.26. The molecule has 18 heavy (non-hydrogen) atoms. The molecule has 0 saturated heterocycles. The molecule has 0 spiro atoms. The fraction of sp³-hybridized carbons (Fsp3) is 0.643. The van der Waals surface area contributed by atoms with Crippen molar-refractivity contribution in [2.75, 3.05) is 18.5 Å². The third-order valence-corrected chi connectivity index (χ3v) is 3.74. The van der Waals surface area contributed by atoms with E-state index < -0.39 is 0 Å². The van der Waals surface area contributed by atoms with Crippen molar-refractivity contribution in [2.24, 2.45) is 5.92 Å². The Labute approximate surface area is 109 Å². The molecule has 0 radical (unpaired) electrons. The molecule has 0 unspecified atom stereocenters. The minimum Gasteiger partial charge on any atom is -0.357 e. The summed E-state index contributed by atoms with van der Waals surface area (Å²) in [6, 6.07) is 2.10. The number of nitrogens with zero attached hydrogens (tertiary/aromatic N) is 4. The number of rotatable bonds is 4. The van der Waals surface area contributed by atoms with E-state index in [-0.39, 0.29) is 0 Å². The first-order chi connectivity index (χ1) is 8.81. The SMILES string of the molecule is CN(CCC1CCCCC1)c1nccnc1C#N. The highest BCUT2D eigenvalue weighted by Gasteiger charge is 2.15.